The number of rotatable bonds is 8. The minimum absolute atomic E-state index is 0.0238. The first-order chi connectivity index (χ1) is 8.71. The SMILES string of the molecule is CCCOCC(Cc1ccc(OC)c(F)c1)NN. The highest BCUT2D eigenvalue weighted by Gasteiger charge is 2.10. The molecule has 3 N–H and O–H groups in total. The van der Waals surface area contributed by atoms with Crippen LogP contribution in [-0.2, 0) is 11.2 Å². The summed E-state index contributed by atoms with van der Waals surface area (Å²) in [6.07, 6.45) is 1.58. The summed E-state index contributed by atoms with van der Waals surface area (Å²) in [6, 6.07) is 4.88. The zero-order valence-electron chi connectivity index (χ0n) is 10.9. The molecule has 0 spiro atoms. The lowest BCUT2D eigenvalue weighted by molar-refractivity contribution is 0.112. The van der Waals surface area contributed by atoms with E-state index in [1.54, 1.807) is 6.07 Å². The lowest BCUT2D eigenvalue weighted by atomic mass is 10.1. The number of hydrazine groups is 1. The lowest BCUT2D eigenvalue weighted by Gasteiger charge is -2.16. The monoisotopic (exact) mass is 256 g/mol. The number of nitrogens with one attached hydrogen (secondary N) is 1. The van der Waals surface area contributed by atoms with E-state index in [4.69, 9.17) is 15.3 Å². The number of hydrogen-bond donors (Lipinski definition) is 2. The van der Waals surface area contributed by atoms with Crippen molar-refractivity contribution in [3.8, 4) is 5.75 Å². The molecule has 1 aromatic carbocycles. The first-order valence-electron chi connectivity index (χ1n) is 6.07. The summed E-state index contributed by atoms with van der Waals surface area (Å²) in [5, 5.41) is 0. The summed E-state index contributed by atoms with van der Waals surface area (Å²) < 4.78 is 23.8. The van der Waals surface area contributed by atoms with Crippen molar-refractivity contribution in [3.63, 3.8) is 0 Å². The van der Waals surface area contributed by atoms with Crippen LogP contribution < -0.4 is 16.0 Å². The fraction of sp³-hybridized carbons (Fsp3) is 0.538. The highest BCUT2D eigenvalue weighted by molar-refractivity contribution is 5.29. The molecular formula is C13H21FN2O2. The Kier molecular flexibility index (Phi) is 6.64. The zero-order chi connectivity index (χ0) is 13.4. The maximum Gasteiger partial charge on any atom is 0.165 e. The van der Waals surface area contributed by atoms with Crippen molar-refractivity contribution in [1.29, 1.82) is 0 Å². The van der Waals surface area contributed by atoms with E-state index in [0.717, 1.165) is 12.0 Å². The lowest BCUT2D eigenvalue weighted by Crippen LogP contribution is -2.40. The Morgan fingerprint density at radius 3 is 2.78 bits per heavy atom. The van der Waals surface area contributed by atoms with E-state index >= 15 is 0 Å². The molecule has 1 atom stereocenters. The Morgan fingerprint density at radius 1 is 1.44 bits per heavy atom. The van der Waals surface area contributed by atoms with Crippen molar-refractivity contribution >= 4 is 0 Å². The molecule has 0 saturated carbocycles. The number of benzene rings is 1. The van der Waals surface area contributed by atoms with E-state index < -0.39 is 0 Å². The highest BCUT2D eigenvalue weighted by Crippen LogP contribution is 2.18. The molecule has 0 heterocycles. The van der Waals surface area contributed by atoms with Crippen LogP contribution in [0.15, 0.2) is 18.2 Å². The van der Waals surface area contributed by atoms with Crippen molar-refractivity contribution < 1.29 is 13.9 Å². The van der Waals surface area contributed by atoms with Gasteiger partial charge >= 0.3 is 0 Å². The third kappa shape index (κ3) is 4.60. The predicted molar refractivity (Wildman–Crippen MR) is 68.9 cm³/mol. The van der Waals surface area contributed by atoms with Crippen molar-refractivity contribution in [2.45, 2.75) is 25.8 Å². The van der Waals surface area contributed by atoms with Crippen LogP contribution in [0.3, 0.4) is 0 Å². The van der Waals surface area contributed by atoms with Crippen LogP contribution >= 0.6 is 0 Å². The van der Waals surface area contributed by atoms with Gasteiger partial charge in [-0.3, -0.25) is 11.3 Å². The first kappa shape index (κ1) is 14.9. The standard InChI is InChI=1S/C13H21FN2O2/c1-3-6-18-9-11(16-15)7-10-4-5-13(17-2)12(14)8-10/h4-5,8,11,16H,3,6-7,9,15H2,1-2H3. The van der Waals surface area contributed by atoms with Crippen LogP contribution in [0.25, 0.3) is 0 Å². The third-order valence-corrected chi connectivity index (χ3v) is 2.60. The van der Waals surface area contributed by atoms with E-state index in [9.17, 15) is 4.39 Å². The third-order valence-electron chi connectivity index (χ3n) is 2.60. The van der Waals surface area contributed by atoms with Crippen molar-refractivity contribution in [2.75, 3.05) is 20.3 Å². The molecule has 0 aliphatic heterocycles. The van der Waals surface area contributed by atoms with Crippen LogP contribution in [0.1, 0.15) is 18.9 Å². The molecule has 1 rings (SSSR count). The van der Waals surface area contributed by atoms with Gasteiger partial charge in [-0.25, -0.2) is 4.39 Å². The Bertz CT molecular complexity index is 361. The molecule has 0 aromatic heterocycles. The first-order valence-corrected chi connectivity index (χ1v) is 6.07. The molecule has 18 heavy (non-hydrogen) atoms. The summed E-state index contributed by atoms with van der Waals surface area (Å²) in [5.74, 6) is 5.34. The van der Waals surface area contributed by atoms with Gasteiger partial charge in [0.25, 0.3) is 0 Å². The largest absolute Gasteiger partial charge is 0.494 e. The average molecular weight is 256 g/mol. The normalized spacial score (nSPS) is 12.4. The number of nitrogens with two attached hydrogens (primary N) is 1. The summed E-state index contributed by atoms with van der Waals surface area (Å²) in [7, 11) is 1.45. The molecule has 102 valence electrons. The average Bonchev–Trinajstić information content (AvgIpc) is 2.38. The summed E-state index contributed by atoms with van der Waals surface area (Å²) in [5.41, 5.74) is 3.54. The van der Waals surface area contributed by atoms with E-state index in [2.05, 4.69) is 5.43 Å². The fourth-order valence-electron chi connectivity index (χ4n) is 1.66. The molecular weight excluding hydrogens is 235 g/mol. The van der Waals surface area contributed by atoms with E-state index in [1.807, 2.05) is 13.0 Å². The molecule has 1 aromatic rings. The molecule has 0 amide bonds. The molecule has 0 aliphatic carbocycles. The molecule has 5 heteroatoms. The van der Waals surface area contributed by atoms with Gasteiger partial charge in [-0.1, -0.05) is 13.0 Å². The summed E-state index contributed by atoms with van der Waals surface area (Å²) in [4.78, 5) is 0. The van der Waals surface area contributed by atoms with E-state index in [0.29, 0.717) is 19.6 Å². The quantitative estimate of drug-likeness (QED) is 0.422. The van der Waals surface area contributed by atoms with Gasteiger partial charge in [0, 0.05) is 12.6 Å². The van der Waals surface area contributed by atoms with Crippen LogP contribution in [0.5, 0.6) is 5.75 Å². The topological polar surface area (TPSA) is 56.5 Å². The molecule has 4 nitrogen and oxygen atoms in total. The molecule has 0 saturated heterocycles. The molecule has 0 aliphatic rings. The second-order valence-electron chi connectivity index (χ2n) is 4.11. The summed E-state index contributed by atoms with van der Waals surface area (Å²) >= 11 is 0. The van der Waals surface area contributed by atoms with Gasteiger partial charge in [0.15, 0.2) is 11.6 Å². The van der Waals surface area contributed by atoms with Crippen molar-refractivity contribution in [3.05, 3.63) is 29.6 Å². The van der Waals surface area contributed by atoms with Crippen molar-refractivity contribution in [2.24, 2.45) is 5.84 Å². The fourth-order valence-corrected chi connectivity index (χ4v) is 1.66. The highest BCUT2D eigenvalue weighted by atomic mass is 19.1. The Labute approximate surface area is 107 Å². The van der Waals surface area contributed by atoms with E-state index in [1.165, 1.54) is 13.2 Å². The Hall–Kier alpha value is -1.17. The maximum atomic E-state index is 13.5. The molecule has 0 radical (unpaired) electrons. The van der Waals surface area contributed by atoms with Crippen LogP contribution in [0.4, 0.5) is 4.39 Å². The van der Waals surface area contributed by atoms with Gasteiger partial charge < -0.3 is 9.47 Å². The van der Waals surface area contributed by atoms with Gasteiger partial charge in [-0.05, 0) is 30.5 Å². The van der Waals surface area contributed by atoms with Gasteiger partial charge in [-0.2, -0.15) is 0 Å². The molecule has 1 unspecified atom stereocenters. The van der Waals surface area contributed by atoms with Crippen LogP contribution in [0, 0.1) is 5.82 Å². The second kappa shape index (κ2) is 8.02. The van der Waals surface area contributed by atoms with Crippen LogP contribution in [-0.4, -0.2) is 26.4 Å². The van der Waals surface area contributed by atoms with Crippen molar-refractivity contribution in [1.82, 2.24) is 5.43 Å². The Morgan fingerprint density at radius 2 is 2.22 bits per heavy atom. The number of ether oxygens (including phenoxy) is 2. The van der Waals surface area contributed by atoms with Gasteiger partial charge in [0.2, 0.25) is 0 Å². The predicted octanol–water partition coefficient (Wildman–Crippen LogP) is 1.64. The van der Waals surface area contributed by atoms with Gasteiger partial charge in [0.1, 0.15) is 0 Å². The van der Waals surface area contributed by atoms with Crippen LogP contribution in [0.2, 0.25) is 0 Å². The minimum Gasteiger partial charge on any atom is -0.494 e. The summed E-state index contributed by atoms with van der Waals surface area (Å²) in [6.45, 7) is 3.26. The van der Waals surface area contributed by atoms with Gasteiger partial charge in [-0.15, -0.1) is 0 Å². The van der Waals surface area contributed by atoms with Gasteiger partial charge in [0.05, 0.1) is 13.7 Å². The molecule has 0 bridgehead atoms. The minimum atomic E-state index is -0.361. The number of methoxy groups -OCH3 is 1. The number of halogens is 1. The number of hydrogen-bond acceptors (Lipinski definition) is 4. The maximum absolute atomic E-state index is 13.5. The zero-order valence-corrected chi connectivity index (χ0v) is 10.9. The van der Waals surface area contributed by atoms with E-state index in [-0.39, 0.29) is 17.6 Å². The Balaban J connectivity index is 2.55. The molecule has 0 fully saturated rings. The second-order valence-corrected chi connectivity index (χ2v) is 4.11. The smallest absolute Gasteiger partial charge is 0.165 e.